The van der Waals surface area contributed by atoms with E-state index in [9.17, 15) is 14.0 Å². The first-order chi connectivity index (χ1) is 9.32. The molecule has 110 valence electrons. The summed E-state index contributed by atoms with van der Waals surface area (Å²) in [6, 6.07) is 5.25. The molecule has 0 heterocycles. The fourth-order valence-electron chi connectivity index (χ4n) is 1.60. The summed E-state index contributed by atoms with van der Waals surface area (Å²) in [5.74, 6) is -2.05. The van der Waals surface area contributed by atoms with Crippen molar-refractivity contribution in [2.24, 2.45) is 5.92 Å². The minimum absolute atomic E-state index is 0.118. The number of urea groups is 1. The van der Waals surface area contributed by atoms with Crippen molar-refractivity contribution in [2.45, 2.75) is 26.4 Å². The van der Waals surface area contributed by atoms with Gasteiger partial charge in [0.25, 0.3) is 0 Å². The zero-order chi connectivity index (χ0) is 15.3. The molecule has 0 radical (unpaired) electrons. The molecule has 0 aliphatic heterocycles. The minimum Gasteiger partial charge on any atom is -0.481 e. The second kappa shape index (κ2) is 6.88. The summed E-state index contributed by atoms with van der Waals surface area (Å²) in [6.07, 6.45) is 0. The number of nitrogens with one attached hydrogen (secondary N) is 1. The van der Waals surface area contributed by atoms with Crippen LogP contribution in [0.3, 0.4) is 0 Å². The molecule has 5 nitrogen and oxygen atoms in total. The number of hydrogen-bond acceptors (Lipinski definition) is 2. The normalized spacial score (nSPS) is 13.4. The summed E-state index contributed by atoms with van der Waals surface area (Å²) >= 11 is 0. The SMILES string of the molecule is CC(NC(=O)N(C)Cc1ccccc1F)C(C)C(=O)O. The Balaban J connectivity index is 2.60. The van der Waals surface area contributed by atoms with E-state index in [0.717, 1.165) is 0 Å². The monoisotopic (exact) mass is 282 g/mol. The van der Waals surface area contributed by atoms with Crippen LogP contribution in [0.2, 0.25) is 0 Å². The van der Waals surface area contributed by atoms with Gasteiger partial charge in [-0.25, -0.2) is 9.18 Å². The molecule has 1 aromatic carbocycles. The second-order valence-corrected chi connectivity index (χ2v) is 4.81. The Morgan fingerprint density at radius 3 is 2.50 bits per heavy atom. The Bertz CT molecular complexity index is 493. The average Bonchev–Trinajstić information content (AvgIpc) is 2.40. The van der Waals surface area contributed by atoms with Crippen LogP contribution in [0.1, 0.15) is 19.4 Å². The summed E-state index contributed by atoms with van der Waals surface area (Å²) in [6.45, 7) is 3.25. The van der Waals surface area contributed by atoms with Crippen molar-refractivity contribution in [1.82, 2.24) is 10.2 Å². The summed E-state index contributed by atoms with van der Waals surface area (Å²) in [5.41, 5.74) is 0.407. The molecular weight excluding hydrogens is 263 g/mol. The molecule has 2 amide bonds. The van der Waals surface area contributed by atoms with Crippen molar-refractivity contribution in [3.63, 3.8) is 0 Å². The quantitative estimate of drug-likeness (QED) is 0.868. The van der Waals surface area contributed by atoms with E-state index in [4.69, 9.17) is 5.11 Å². The zero-order valence-electron chi connectivity index (χ0n) is 11.8. The molecular formula is C14H19FN2O3. The van der Waals surface area contributed by atoms with Crippen LogP contribution in [-0.2, 0) is 11.3 Å². The Morgan fingerprint density at radius 2 is 1.95 bits per heavy atom. The second-order valence-electron chi connectivity index (χ2n) is 4.81. The lowest BCUT2D eigenvalue weighted by molar-refractivity contribution is -0.141. The van der Waals surface area contributed by atoms with Crippen LogP contribution in [0, 0.1) is 11.7 Å². The zero-order valence-corrected chi connectivity index (χ0v) is 11.8. The van der Waals surface area contributed by atoms with Gasteiger partial charge in [0.1, 0.15) is 5.82 Å². The van der Waals surface area contributed by atoms with Crippen molar-refractivity contribution in [1.29, 1.82) is 0 Å². The first-order valence-electron chi connectivity index (χ1n) is 6.30. The van der Waals surface area contributed by atoms with Crippen molar-refractivity contribution in [3.8, 4) is 0 Å². The lowest BCUT2D eigenvalue weighted by Crippen LogP contribution is -2.45. The van der Waals surface area contributed by atoms with Gasteiger partial charge in [-0.2, -0.15) is 0 Å². The van der Waals surface area contributed by atoms with Gasteiger partial charge in [0.15, 0.2) is 0 Å². The molecule has 2 atom stereocenters. The van der Waals surface area contributed by atoms with E-state index < -0.39 is 24.0 Å². The van der Waals surface area contributed by atoms with Crippen LogP contribution in [0.5, 0.6) is 0 Å². The van der Waals surface area contributed by atoms with E-state index in [0.29, 0.717) is 5.56 Å². The summed E-state index contributed by atoms with van der Waals surface area (Å²) in [5, 5.41) is 11.4. The van der Waals surface area contributed by atoms with E-state index in [1.54, 1.807) is 25.1 Å². The maximum absolute atomic E-state index is 13.5. The number of carboxylic acid groups (broad SMARTS) is 1. The number of benzene rings is 1. The molecule has 0 saturated heterocycles. The Morgan fingerprint density at radius 1 is 1.35 bits per heavy atom. The van der Waals surface area contributed by atoms with Gasteiger partial charge in [-0.15, -0.1) is 0 Å². The van der Waals surface area contributed by atoms with Crippen molar-refractivity contribution < 1.29 is 19.1 Å². The molecule has 2 unspecified atom stereocenters. The molecule has 0 aliphatic rings. The molecule has 1 rings (SSSR count). The summed E-state index contributed by atoms with van der Waals surface area (Å²) in [4.78, 5) is 24.0. The molecule has 6 heteroatoms. The number of carboxylic acids is 1. The van der Waals surface area contributed by atoms with Crippen LogP contribution < -0.4 is 5.32 Å². The molecule has 0 spiro atoms. The minimum atomic E-state index is -0.977. The number of carbonyl (C=O) groups excluding carboxylic acids is 1. The summed E-state index contributed by atoms with van der Waals surface area (Å²) < 4.78 is 13.5. The van der Waals surface area contributed by atoms with E-state index in [-0.39, 0.29) is 12.4 Å². The topological polar surface area (TPSA) is 69.6 Å². The number of aliphatic carboxylic acids is 1. The largest absolute Gasteiger partial charge is 0.481 e. The summed E-state index contributed by atoms with van der Waals surface area (Å²) in [7, 11) is 1.53. The third kappa shape index (κ3) is 4.22. The van der Waals surface area contributed by atoms with E-state index in [1.165, 1.54) is 24.9 Å². The van der Waals surface area contributed by atoms with Crippen LogP contribution in [-0.4, -0.2) is 35.1 Å². The van der Waals surface area contributed by atoms with Crippen LogP contribution in [0.15, 0.2) is 24.3 Å². The van der Waals surface area contributed by atoms with E-state index in [1.807, 2.05) is 0 Å². The van der Waals surface area contributed by atoms with E-state index >= 15 is 0 Å². The fourth-order valence-corrected chi connectivity index (χ4v) is 1.60. The lowest BCUT2D eigenvalue weighted by Gasteiger charge is -2.23. The van der Waals surface area contributed by atoms with Crippen LogP contribution in [0.4, 0.5) is 9.18 Å². The van der Waals surface area contributed by atoms with Crippen molar-refractivity contribution in [3.05, 3.63) is 35.6 Å². The smallest absolute Gasteiger partial charge is 0.317 e. The standard InChI is InChI=1S/C14H19FN2O3/c1-9(13(18)19)10(2)16-14(20)17(3)8-11-6-4-5-7-12(11)15/h4-7,9-10H,8H2,1-3H3,(H,16,20)(H,18,19). The van der Waals surface area contributed by atoms with Crippen molar-refractivity contribution in [2.75, 3.05) is 7.05 Å². The number of hydrogen-bond donors (Lipinski definition) is 2. The first-order valence-corrected chi connectivity index (χ1v) is 6.30. The number of carbonyl (C=O) groups is 2. The van der Waals surface area contributed by atoms with Gasteiger partial charge in [-0.1, -0.05) is 18.2 Å². The maximum Gasteiger partial charge on any atom is 0.317 e. The highest BCUT2D eigenvalue weighted by atomic mass is 19.1. The highest BCUT2D eigenvalue weighted by Gasteiger charge is 2.22. The molecule has 0 fully saturated rings. The molecule has 0 aliphatic carbocycles. The van der Waals surface area contributed by atoms with Gasteiger partial charge in [0.05, 0.1) is 5.92 Å². The van der Waals surface area contributed by atoms with Gasteiger partial charge >= 0.3 is 12.0 Å². The highest BCUT2D eigenvalue weighted by Crippen LogP contribution is 2.09. The number of rotatable bonds is 5. The van der Waals surface area contributed by atoms with Crippen LogP contribution in [0.25, 0.3) is 0 Å². The van der Waals surface area contributed by atoms with Gasteiger partial charge in [-0.3, -0.25) is 4.79 Å². The third-order valence-electron chi connectivity index (χ3n) is 3.20. The van der Waals surface area contributed by atoms with Gasteiger partial charge in [-0.05, 0) is 19.9 Å². The predicted molar refractivity (Wildman–Crippen MR) is 72.7 cm³/mol. The fraction of sp³-hybridized carbons (Fsp3) is 0.429. The third-order valence-corrected chi connectivity index (χ3v) is 3.20. The van der Waals surface area contributed by atoms with Crippen molar-refractivity contribution >= 4 is 12.0 Å². The predicted octanol–water partition coefficient (Wildman–Crippen LogP) is 2.08. The Kier molecular flexibility index (Phi) is 5.49. The number of halogens is 1. The van der Waals surface area contributed by atoms with Crippen LogP contribution >= 0.6 is 0 Å². The lowest BCUT2D eigenvalue weighted by atomic mass is 10.0. The highest BCUT2D eigenvalue weighted by molar-refractivity contribution is 5.76. The Labute approximate surface area is 117 Å². The van der Waals surface area contributed by atoms with Gasteiger partial charge < -0.3 is 15.3 Å². The molecule has 0 aromatic heterocycles. The maximum atomic E-state index is 13.5. The first kappa shape index (κ1) is 15.9. The molecule has 0 saturated carbocycles. The van der Waals surface area contributed by atoms with Gasteiger partial charge in [0, 0.05) is 25.2 Å². The average molecular weight is 282 g/mol. The molecule has 1 aromatic rings. The molecule has 20 heavy (non-hydrogen) atoms. The number of amides is 2. The molecule has 2 N–H and O–H groups in total. The Hall–Kier alpha value is -2.11. The van der Waals surface area contributed by atoms with E-state index in [2.05, 4.69) is 5.32 Å². The molecule has 0 bridgehead atoms. The number of nitrogens with zero attached hydrogens (tertiary/aromatic N) is 1. The van der Waals surface area contributed by atoms with Gasteiger partial charge in [0.2, 0.25) is 0 Å².